The summed E-state index contributed by atoms with van der Waals surface area (Å²) in [5.41, 5.74) is 7.28. The molecule has 0 amide bonds. The van der Waals surface area contributed by atoms with Crippen molar-refractivity contribution < 1.29 is 34.7 Å². The second kappa shape index (κ2) is 8.44. The van der Waals surface area contributed by atoms with E-state index < -0.39 is 10.0 Å². The molecule has 0 unspecified atom stereocenters. The topological polar surface area (TPSA) is 124 Å². The van der Waals surface area contributed by atoms with Gasteiger partial charge >= 0.3 is 0 Å². The lowest BCUT2D eigenvalue weighted by atomic mass is 10.2. The summed E-state index contributed by atoms with van der Waals surface area (Å²) in [4.78, 5) is 2.87. The summed E-state index contributed by atoms with van der Waals surface area (Å²) in [6.45, 7) is 3.51. The summed E-state index contributed by atoms with van der Waals surface area (Å²) >= 11 is 0. The molecule has 0 saturated heterocycles. The van der Waals surface area contributed by atoms with E-state index in [9.17, 15) is 12.8 Å². The van der Waals surface area contributed by atoms with Crippen molar-refractivity contribution in [3.8, 4) is 0 Å². The van der Waals surface area contributed by atoms with Gasteiger partial charge in [0.2, 0.25) is 11.6 Å². The highest BCUT2D eigenvalue weighted by atomic mass is 35.5. The van der Waals surface area contributed by atoms with Crippen LogP contribution in [0, 0.1) is 19.7 Å². The molecule has 0 saturated carbocycles. The summed E-state index contributed by atoms with van der Waals surface area (Å²) in [5, 5.41) is 6.75. The standard InChI is InChI=1S/C17H18FN5O3S.ClH/c1-10-16(11(2)26-22-10)27(24,25)23-14-7-8-15(21-17(14)19)20-9-12-3-5-13(18)6-4-12;/h3-8,23H,9H2,1-2H3,(H3,19,20,21);1H. The molecule has 150 valence electrons. The fraction of sp³-hybridized carbons (Fsp3) is 0.176. The van der Waals surface area contributed by atoms with Gasteiger partial charge in [0.1, 0.15) is 17.2 Å². The van der Waals surface area contributed by atoms with Gasteiger partial charge in [-0.2, -0.15) is 0 Å². The van der Waals surface area contributed by atoms with Gasteiger partial charge in [0.25, 0.3) is 10.0 Å². The van der Waals surface area contributed by atoms with Crippen molar-refractivity contribution in [1.82, 2.24) is 5.16 Å². The molecule has 3 rings (SSSR count). The number of aryl methyl sites for hydroxylation is 2. The number of nitrogens with one attached hydrogen (secondary N) is 3. The number of hydrogen-bond donors (Lipinski definition) is 3. The second-order valence-electron chi connectivity index (χ2n) is 5.94. The molecule has 0 aliphatic rings. The van der Waals surface area contributed by atoms with Gasteiger partial charge in [0, 0.05) is 6.07 Å². The molecule has 5 N–H and O–H groups in total. The van der Waals surface area contributed by atoms with Crippen LogP contribution in [0.3, 0.4) is 0 Å². The predicted molar refractivity (Wildman–Crippen MR) is 97.9 cm³/mol. The minimum Gasteiger partial charge on any atom is -1.00 e. The van der Waals surface area contributed by atoms with Crippen molar-refractivity contribution in [3.05, 3.63) is 59.2 Å². The molecule has 1 aromatic carbocycles. The fourth-order valence-electron chi connectivity index (χ4n) is 2.56. The third-order valence-electron chi connectivity index (χ3n) is 3.85. The number of nitrogens with two attached hydrogens (primary N) is 1. The van der Waals surface area contributed by atoms with E-state index in [4.69, 9.17) is 10.3 Å². The predicted octanol–water partition coefficient (Wildman–Crippen LogP) is -0.756. The minimum atomic E-state index is -3.89. The second-order valence-corrected chi connectivity index (χ2v) is 7.56. The van der Waals surface area contributed by atoms with Crippen molar-refractivity contribution in [2.75, 3.05) is 15.8 Å². The highest BCUT2D eigenvalue weighted by Crippen LogP contribution is 2.24. The van der Waals surface area contributed by atoms with Gasteiger partial charge in [-0.1, -0.05) is 17.3 Å². The summed E-state index contributed by atoms with van der Waals surface area (Å²) in [6, 6.07) is 9.26. The molecule has 0 radical (unpaired) electrons. The van der Waals surface area contributed by atoms with Crippen molar-refractivity contribution in [2.24, 2.45) is 0 Å². The number of H-pyrrole nitrogens is 1. The van der Waals surface area contributed by atoms with Gasteiger partial charge in [-0.25, -0.2) is 17.8 Å². The molecule has 0 atom stereocenters. The van der Waals surface area contributed by atoms with Gasteiger partial charge in [-0.05, 0) is 37.6 Å². The largest absolute Gasteiger partial charge is 1.00 e. The number of benzene rings is 1. The maximum absolute atomic E-state index is 12.9. The molecule has 0 spiro atoms. The number of halogens is 2. The van der Waals surface area contributed by atoms with E-state index in [0.717, 1.165) is 5.56 Å². The SMILES string of the molecule is Cc1noc(C)c1S(=O)(=O)Nc1ccc(NCc2ccc(F)cc2)[nH+]c1N.[Cl-]. The van der Waals surface area contributed by atoms with Crippen LogP contribution in [0.5, 0.6) is 0 Å². The Balaban J connectivity index is 0.00000280. The maximum atomic E-state index is 12.9. The van der Waals surface area contributed by atoms with E-state index in [1.165, 1.54) is 25.1 Å². The van der Waals surface area contributed by atoms with Gasteiger partial charge in [0.05, 0.1) is 6.54 Å². The van der Waals surface area contributed by atoms with Gasteiger partial charge < -0.3 is 28.0 Å². The highest BCUT2D eigenvalue weighted by Gasteiger charge is 2.25. The van der Waals surface area contributed by atoms with Gasteiger partial charge in [0.15, 0.2) is 10.7 Å². The van der Waals surface area contributed by atoms with E-state index >= 15 is 0 Å². The van der Waals surface area contributed by atoms with Crippen LogP contribution in [0.25, 0.3) is 0 Å². The summed E-state index contributed by atoms with van der Waals surface area (Å²) in [6.07, 6.45) is 0. The van der Waals surface area contributed by atoms with Crippen molar-refractivity contribution in [3.63, 3.8) is 0 Å². The van der Waals surface area contributed by atoms with Crippen molar-refractivity contribution >= 4 is 27.3 Å². The Labute approximate surface area is 167 Å². The zero-order chi connectivity index (χ0) is 19.6. The Morgan fingerprint density at radius 1 is 1.18 bits per heavy atom. The van der Waals surface area contributed by atoms with E-state index in [1.807, 2.05) is 0 Å². The molecule has 11 heteroatoms. The Morgan fingerprint density at radius 2 is 1.86 bits per heavy atom. The average molecular weight is 428 g/mol. The Hall–Kier alpha value is -2.85. The Morgan fingerprint density at radius 3 is 2.43 bits per heavy atom. The van der Waals surface area contributed by atoms with Gasteiger partial charge in [-0.3, -0.25) is 4.72 Å². The molecule has 0 aliphatic carbocycles. The molecular weight excluding hydrogens is 409 g/mol. The third-order valence-corrected chi connectivity index (χ3v) is 5.46. The first-order chi connectivity index (χ1) is 12.8. The first-order valence-electron chi connectivity index (χ1n) is 8.02. The van der Waals surface area contributed by atoms with Crippen molar-refractivity contribution in [1.29, 1.82) is 0 Å². The monoisotopic (exact) mass is 427 g/mol. The summed E-state index contributed by atoms with van der Waals surface area (Å²) < 4.78 is 45.4. The van der Waals surface area contributed by atoms with Crippen LogP contribution in [0.15, 0.2) is 45.8 Å². The van der Waals surface area contributed by atoms with Crippen LogP contribution in [0.4, 0.5) is 21.7 Å². The quantitative estimate of drug-likeness (QED) is 0.475. The van der Waals surface area contributed by atoms with Gasteiger partial charge in [-0.15, -0.1) is 0 Å². The number of rotatable bonds is 6. The first-order valence-corrected chi connectivity index (χ1v) is 9.50. The number of pyridine rings is 1. The van der Waals surface area contributed by atoms with Crippen molar-refractivity contribution in [2.45, 2.75) is 25.3 Å². The molecule has 3 aromatic rings. The molecule has 0 bridgehead atoms. The molecule has 0 aliphatic heterocycles. The lowest BCUT2D eigenvalue weighted by molar-refractivity contribution is -0.342. The van der Waals surface area contributed by atoms with E-state index in [1.54, 1.807) is 25.1 Å². The number of sulfonamides is 1. The number of anilines is 3. The Bertz CT molecular complexity index is 1050. The van der Waals surface area contributed by atoms with E-state index in [2.05, 4.69) is 20.2 Å². The average Bonchev–Trinajstić information content (AvgIpc) is 2.96. The number of nitrogens with zero attached hydrogens (tertiary/aromatic N) is 1. The molecule has 8 nitrogen and oxygen atoms in total. The van der Waals surface area contributed by atoms with Crippen LogP contribution >= 0.6 is 0 Å². The maximum Gasteiger partial charge on any atom is 0.267 e. The minimum absolute atomic E-state index is 0. The first kappa shape index (κ1) is 21.5. The molecule has 28 heavy (non-hydrogen) atoms. The smallest absolute Gasteiger partial charge is 0.267 e. The fourth-order valence-corrected chi connectivity index (χ4v) is 3.97. The van der Waals surface area contributed by atoms with E-state index in [-0.39, 0.29) is 46.1 Å². The number of aromatic nitrogens is 2. The zero-order valence-electron chi connectivity index (χ0n) is 15.1. The molecule has 2 heterocycles. The lowest BCUT2D eigenvalue weighted by Crippen LogP contribution is -3.00. The lowest BCUT2D eigenvalue weighted by Gasteiger charge is -2.09. The Kier molecular flexibility index (Phi) is 6.47. The summed E-state index contributed by atoms with van der Waals surface area (Å²) in [7, 11) is -3.89. The van der Waals surface area contributed by atoms with Crippen LogP contribution in [0.1, 0.15) is 17.0 Å². The van der Waals surface area contributed by atoms with Crippen LogP contribution in [0.2, 0.25) is 0 Å². The zero-order valence-corrected chi connectivity index (χ0v) is 16.7. The summed E-state index contributed by atoms with van der Waals surface area (Å²) in [5.74, 6) is 0.608. The molecular formula is C17H19ClFN5O3S. The van der Waals surface area contributed by atoms with Crippen LogP contribution < -0.4 is 33.2 Å². The third kappa shape index (κ3) is 4.70. The molecule has 2 aromatic heterocycles. The van der Waals surface area contributed by atoms with E-state index in [0.29, 0.717) is 12.4 Å². The van der Waals surface area contributed by atoms with Crippen LogP contribution in [-0.4, -0.2) is 13.6 Å². The number of nitrogen functional groups attached to an aromatic ring is 1. The number of aromatic amines is 1. The molecule has 0 fully saturated rings. The number of hydrogen-bond acceptors (Lipinski definition) is 6. The normalized spacial score (nSPS) is 11.0. The van der Waals surface area contributed by atoms with Crippen LogP contribution in [-0.2, 0) is 16.6 Å². The highest BCUT2D eigenvalue weighted by molar-refractivity contribution is 7.92.